The molecule has 0 fully saturated rings. The summed E-state index contributed by atoms with van der Waals surface area (Å²) in [5.74, 6) is 0.0728. The summed E-state index contributed by atoms with van der Waals surface area (Å²) < 4.78 is 5.83. The van der Waals surface area contributed by atoms with E-state index >= 15 is 0 Å². The van der Waals surface area contributed by atoms with E-state index in [1.165, 1.54) is 5.56 Å². The SMILES string of the molecule is O=C(O)[C@H](Cc1ccccc1)NCC1Cc2ccccc2O1. The number of hydrogen-bond donors (Lipinski definition) is 2. The van der Waals surface area contributed by atoms with Crippen molar-refractivity contribution >= 4 is 5.97 Å². The van der Waals surface area contributed by atoms with Crippen molar-refractivity contribution < 1.29 is 14.6 Å². The number of benzene rings is 2. The van der Waals surface area contributed by atoms with Gasteiger partial charge in [0.15, 0.2) is 0 Å². The molecular weight excluding hydrogens is 278 g/mol. The van der Waals surface area contributed by atoms with Crippen LogP contribution in [0.15, 0.2) is 54.6 Å². The molecule has 1 aliphatic heterocycles. The normalized spacial score (nSPS) is 17.5. The predicted octanol–water partition coefficient (Wildman–Crippen LogP) is 2.28. The van der Waals surface area contributed by atoms with Gasteiger partial charge in [0.05, 0.1) is 0 Å². The number of rotatable bonds is 6. The maximum Gasteiger partial charge on any atom is 0.321 e. The lowest BCUT2D eigenvalue weighted by molar-refractivity contribution is -0.139. The first-order valence-electron chi connectivity index (χ1n) is 7.47. The Morgan fingerprint density at radius 3 is 2.64 bits per heavy atom. The number of ether oxygens (including phenoxy) is 1. The summed E-state index contributed by atoms with van der Waals surface area (Å²) in [7, 11) is 0. The number of carboxylic acids is 1. The van der Waals surface area contributed by atoms with E-state index in [0.717, 1.165) is 17.7 Å². The first-order valence-corrected chi connectivity index (χ1v) is 7.47. The van der Waals surface area contributed by atoms with Crippen molar-refractivity contribution in [3.05, 3.63) is 65.7 Å². The molecule has 3 rings (SSSR count). The summed E-state index contributed by atoms with van der Waals surface area (Å²) in [5, 5.41) is 12.5. The van der Waals surface area contributed by atoms with Crippen LogP contribution < -0.4 is 10.1 Å². The highest BCUT2D eigenvalue weighted by Gasteiger charge is 2.25. The molecule has 0 spiro atoms. The summed E-state index contributed by atoms with van der Waals surface area (Å²) in [6.45, 7) is 0.526. The first-order chi connectivity index (χ1) is 10.7. The minimum Gasteiger partial charge on any atom is -0.488 e. The molecule has 1 unspecified atom stereocenters. The van der Waals surface area contributed by atoms with Crippen LogP contribution in [0.2, 0.25) is 0 Å². The molecule has 0 aliphatic carbocycles. The molecule has 0 saturated carbocycles. The zero-order valence-corrected chi connectivity index (χ0v) is 12.2. The van der Waals surface area contributed by atoms with Crippen LogP contribution in [0, 0.1) is 0 Å². The number of carbonyl (C=O) groups is 1. The van der Waals surface area contributed by atoms with Crippen molar-refractivity contribution in [1.82, 2.24) is 5.32 Å². The van der Waals surface area contributed by atoms with Crippen LogP contribution in [0.1, 0.15) is 11.1 Å². The highest BCUT2D eigenvalue weighted by molar-refractivity contribution is 5.73. The van der Waals surface area contributed by atoms with Gasteiger partial charge in [0.25, 0.3) is 0 Å². The molecular formula is C18H19NO3. The smallest absolute Gasteiger partial charge is 0.321 e. The zero-order chi connectivity index (χ0) is 15.4. The third-order valence-corrected chi connectivity index (χ3v) is 3.89. The molecule has 0 radical (unpaired) electrons. The van der Waals surface area contributed by atoms with Crippen LogP contribution in [0.4, 0.5) is 0 Å². The molecule has 0 aromatic heterocycles. The Labute approximate surface area is 129 Å². The van der Waals surface area contributed by atoms with Crippen molar-refractivity contribution in [3.63, 3.8) is 0 Å². The highest BCUT2D eigenvalue weighted by Crippen LogP contribution is 2.27. The molecule has 1 heterocycles. The third-order valence-electron chi connectivity index (χ3n) is 3.89. The van der Waals surface area contributed by atoms with Crippen LogP contribution >= 0.6 is 0 Å². The summed E-state index contributed by atoms with van der Waals surface area (Å²) in [5.41, 5.74) is 2.20. The Bertz CT molecular complexity index is 617. The summed E-state index contributed by atoms with van der Waals surface area (Å²) in [6.07, 6.45) is 1.28. The number of nitrogens with one attached hydrogen (secondary N) is 1. The molecule has 4 heteroatoms. The van der Waals surface area contributed by atoms with Gasteiger partial charge in [-0.2, -0.15) is 0 Å². The Kier molecular flexibility index (Phi) is 4.39. The fraction of sp³-hybridized carbons (Fsp3) is 0.278. The molecule has 0 amide bonds. The van der Waals surface area contributed by atoms with Crippen molar-refractivity contribution in [2.75, 3.05) is 6.54 Å². The molecule has 22 heavy (non-hydrogen) atoms. The average Bonchev–Trinajstić information content (AvgIpc) is 2.95. The van der Waals surface area contributed by atoms with E-state index in [-0.39, 0.29) is 6.10 Å². The van der Waals surface area contributed by atoms with Crippen molar-refractivity contribution in [2.24, 2.45) is 0 Å². The molecule has 4 nitrogen and oxygen atoms in total. The van der Waals surface area contributed by atoms with E-state index < -0.39 is 12.0 Å². The fourth-order valence-corrected chi connectivity index (χ4v) is 2.74. The van der Waals surface area contributed by atoms with Gasteiger partial charge in [-0.25, -0.2) is 0 Å². The van der Waals surface area contributed by atoms with Gasteiger partial charge in [0.1, 0.15) is 17.9 Å². The Morgan fingerprint density at radius 1 is 1.18 bits per heavy atom. The third kappa shape index (κ3) is 3.46. The van der Waals surface area contributed by atoms with Crippen LogP contribution in [0.3, 0.4) is 0 Å². The minimum absolute atomic E-state index is 0.00461. The lowest BCUT2D eigenvalue weighted by Crippen LogP contribution is -2.43. The number of para-hydroxylation sites is 1. The molecule has 2 N–H and O–H groups in total. The second-order valence-electron chi connectivity index (χ2n) is 5.54. The van der Waals surface area contributed by atoms with Crippen molar-refractivity contribution in [2.45, 2.75) is 25.0 Å². The van der Waals surface area contributed by atoms with Crippen molar-refractivity contribution in [3.8, 4) is 5.75 Å². The molecule has 0 saturated heterocycles. The fourth-order valence-electron chi connectivity index (χ4n) is 2.74. The largest absolute Gasteiger partial charge is 0.488 e. The Morgan fingerprint density at radius 2 is 1.91 bits per heavy atom. The maximum absolute atomic E-state index is 11.4. The Hall–Kier alpha value is -2.33. The van der Waals surface area contributed by atoms with E-state index in [4.69, 9.17) is 4.74 Å². The Balaban J connectivity index is 1.56. The van der Waals surface area contributed by atoms with Gasteiger partial charge >= 0.3 is 5.97 Å². The molecule has 2 aromatic carbocycles. The van der Waals surface area contributed by atoms with Gasteiger partial charge in [-0.3, -0.25) is 4.79 Å². The summed E-state index contributed by atoms with van der Waals surface area (Å²) in [4.78, 5) is 11.4. The van der Waals surface area contributed by atoms with Gasteiger partial charge in [-0.15, -0.1) is 0 Å². The highest BCUT2D eigenvalue weighted by atomic mass is 16.5. The van der Waals surface area contributed by atoms with Crippen LogP contribution in [0.5, 0.6) is 5.75 Å². The second-order valence-corrected chi connectivity index (χ2v) is 5.54. The average molecular weight is 297 g/mol. The number of hydrogen-bond acceptors (Lipinski definition) is 3. The molecule has 114 valence electrons. The molecule has 0 bridgehead atoms. The van der Waals surface area contributed by atoms with Gasteiger partial charge in [0, 0.05) is 13.0 Å². The quantitative estimate of drug-likeness (QED) is 0.859. The van der Waals surface area contributed by atoms with Gasteiger partial charge in [0.2, 0.25) is 0 Å². The van der Waals surface area contributed by atoms with Crippen LogP contribution in [0.25, 0.3) is 0 Å². The predicted molar refractivity (Wildman–Crippen MR) is 84.1 cm³/mol. The summed E-state index contributed by atoms with van der Waals surface area (Å²) >= 11 is 0. The lowest BCUT2D eigenvalue weighted by Gasteiger charge is -2.17. The second kappa shape index (κ2) is 6.62. The van der Waals surface area contributed by atoms with Gasteiger partial charge in [-0.05, 0) is 23.6 Å². The molecule has 2 atom stereocenters. The number of carboxylic acid groups (broad SMARTS) is 1. The number of aliphatic carboxylic acids is 1. The standard InChI is InChI=1S/C18H19NO3/c20-18(21)16(10-13-6-2-1-3-7-13)19-12-15-11-14-8-4-5-9-17(14)22-15/h1-9,15-16,19H,10-12H2,(H,20,21)/t15?,16-/m0/s1. The van der Waals surface area contributed by atoms with E-state index in [1.807, 2.05) is 54.6 Å². The van der Waals surface area contributed by atoms with Crippen LogP contribution in [-0.2, 0) is 17.6 Å². The maximum atomic E-state index is 11.4. The van der Waals surface area contributed by atoms with E-state index in [2.05, 4.69) is 5.32 Å². The zero-order valence-electron chi connectivity index (χ0n) is 12.2. The van der Waals surface area contributed by atoms with E-state index in [9.17, 15) is 9.90 Å². The van der Waals surface area contributed by atoms with Crippen molar-refractivity contribution in [1.29, 1.82) is 0 Å². The van der Waals surface area contributed by atoms with E-state index in [0.29, 0.717) is 13.0 Å². The van der Waals surface area contributed by atoms with Crippen LogP contribution in [-0.4, -0.2) is 29.8 Å². The van der Waals surface area contributed by atoms with E-state index in [1.54, 1.807) is 0 Å². The minimum atomic E-state index is -0.834. The molecule has 2 aromatic rings. The van der Waals surface area contributed by atoms with Gasteiger partial charge < -0.3 is 15.2 Å². The summed E-state index contributed by atoms with van der Waals surface area (Å²) in [6, 6.07) is 17.0. The van der Waals surface area contributed by atoms with Gasteiger partial charge in [-0.1, -0.05) is 48.5 Å². The lowest BCUT2D eigenvalue weighted by atomic mass is 10.1. The first kappa shape index (κ1) is 14.6. The monoisotopic (exact) mass is 297 g/mol. The molecule has 1 aliphatic rings. The topological polar surface area (TPSA) is 58.6 Å². The number of fused-ring (bicyclic) bond motifs is 1.